The Kier molecular flexibility index (Phi) is 5.41. The summed E-state index contributed by atoms with van der Waals surface area (Å²) in [7, 11) is -1.54. The van der Waals surface area contributed by atoms with Crippen molar-refractivity contribution >= 4 is 10.0 Å². The van der Waals surface area contributed by atoms with Gasteiger partial charge in [0.1, 0.15) is 0 Å². The molecule has 21 heavy (non-hydrogen) atoms. The highest BCUT2D eigenvalue weighted by Crippen LogP contribution is 2.29. The molecule has 0 saturated heterocycles. The summed E-state index contributed by atoms with van der Waals surface area (Å²) >= 11 is 0. The Balaban J connectivity index is 2.07. The summed E-state index contributed by atoms with van der Waals surface area (Å²) in [5.41, 5.74) is 1.08. The van der Waals surface area contributed by atoms with Gasteiger partial charge in [-0.05, 0) is 55.8 Å². The van der Waals surface area contributed by atoms with Crippen LogP contribution >= 0.6 is 0 Å². The molecule has 0 radical (unpaired) electrons. The highest BCUT2D eigenvalue weighted by atomic mass is 32.2. The van der Waals surface area contributed by atoms with Crippen LogP contribution in [0.5, 0.6) is 0 Å². The molecule has 5 heteroatoms. The van der Waals surface area contributed by atoms with Gasteiger partial charge in [0.05, 0.1) is 4.90 Å². The Bertz CT molecular complexity index is 544. The maximum Gasteiger partial charge on any atom is 0.240 e. The standard InChI is InChI=1S/C16H26N2O2S/c1-12-8-13(2)10-15(9-12)18-21(19,20)16-6-4-14(5-7-16)11-17-3/h4-7,12-13,15,17-18H,8-11H2,1-3H3. The van der Waals surface area contributed by atoms with Gasteiger partial charge >= 0.3 is 0 Å². The molecule has 118 valence electrons. The van der Waals surface area contributed by atoms with Gasteiger partial charge in [0.25, 0.3) is 0 Å². The van der Waals surface area contributed by atoms with Gasteiger partial charge < -0.3 is 5.32 Å². The van der Waals surface area contributed by atoms with Crippen molar-refractivity contribution in [1.29, 1.82) is 0 Å². The molecule has 2 unspecified atom stereocenters. The molecule has 1 aliphatic carbocycles. The van der Waals surface area contributed by atoms with E-state index in [0.717, 1.165) is 24.9 Å². The molecule has 1 fully saturated rings. The number of hydrogen-bond acceptors (Lipinski definition) is 3. The average molecular weight is 310 g/mol. The molecule has 2 atom stereocenters. The number of sulfonamides is 1. The third-order valence-electron chi connectivity index (χ3n) is 4.11. The van der Waals surface area contributed by atoms with Crippen molar-refractivity contribution in [2.45, 2.75) is 50.6 Å². The largest absolute Gasteiger partial charge is 0.316 e. The number of hydrogen-bond donors (Lipinski definition) is 2. The van der Waals surface area contributed by atoms with E-state index in [1.807, 2.05) is 19.2 Å². The van der Waals surface area contributed by atoms with Crippen molar-refractivity contribution in [3.05, 3.63) is 29.8 Å². The van der Waals surface area contributed by atoms with Gasteiger partial charge in [-0.2, -0.15) is 0 Å². The van der Waals surface area contributed by atoms with Crippen molar-refractivity contribution in [2.24, 2.45) is 11.8 Å². The molecule has 0 aromatic heterocycles. The maximum atomic E-state index is 12.5. The highest BCUT2D eigenvalue weighted by Gasteiger charge is 2.27. The average Bonchev–Trinajstić information content (AvgIpc) is 2.38. The summed E-state index contributed by atoms with van der Waals surface area (Å²) in [6, 6.07) is 7.15. The van der Waals surface area contributed by atoms with E-state index < -0.39 is 10.0 Å². The van der Waals surface area contributed by atoms with Crippen LogP contribution in [-0.4, -0.2) is 21.5 Å². The lowest BCUT2D eigenvalue weighted by atomic mass is 9.81. The molecule has 1 saturated carbocycles. The summed E-state index contributed by atoms with van der Waals surface area (Å²) in [6.07, 6.45) is 3.06. The van der Waals surface area contributed by atoms with Crippen LogP contribution in [0.3, 0.4) is 0 Å². The van der Waals surface area contributed by atoms with Crippen LogP contribution < -0.4 is 10.0 Å². The van der Waals surface area contributed by atoms with Crippen molar-refractivity contribution < 1.29 is 8.42 Å². The smallest absolute Gasteiger partial charge is 0.240 e. The zero-order valence-corrected chi connectivity index (χ0v) is 13.9. The van der Waals surface area contributed by atoms with Crippen LogP contribution in [0.4, 0.5) is 0 Å². The van der Waals surface area contributed by atoms with Gasteiger partial charge in [-0.1, -0.05) is 26.0 Å². The number of benzene rings is 1. The first kappa shape index (κ1) is 16.5. The first-order valence-corrected chi connectivity index (χ1v) is 9.15. The minimum absolute atomic E-state index is 0.0609. The van der Waals surface area contributed by atoms with Crippen molar-refractivity contribution in [2.75, 3.05) is 7.05 Å². The van der Waals surface area contributed by atoms with E-state index in [1.165, 1.54) is 6.42 Å². The molecular weight excluding hydrogens is 284 g/mol. The summed E-state index contributed by atoms with van der Waals surface area (Å²) < 4.78 is 27.8. The second-order valence-corrected chi connectivity index (χ2v) is 8.12. The van der Waals surface area contributed by atoms with Crippen LogP contribution in [0.1, 0.15) is 38.7 Å². The third kappa shape index (κ3) is 4.53. The van der Waals surface area contributed by atoms with Crippen molar-refractivity contribution in [3.63, 3.8) is 0 Å². The van der Waals surface area contributed by atoms with Gasteiger partial charge in [-0.25, -0.2) is 13.1 Å². The molecule has 0 bridgehead atoms. The highest BCUT2D eigenvalue weighted by molar-refractivity contribution is 7.89. The van der Waals surface area contributed by atoms with Gasteiger partial charge in [-0.15, -0.1) is 0 Å². The second kappa shape index (κ2) is 6.90. The zero-order chi connectivity index (χ0) is 15.5. The number of rotatable bonds is 5. The third-order valence-corrected chi connectivity index (χ3v) is 5.65. The lowest BCUT2D eigenvalue weighted by molar-refractivity contribution is 0.257. The topological polar surface area (TPSA) is 58.2 Å². The normalized spacial score (nSPS) is 26.7. The lowest BCUT2D eigenvalue weighted by Crippen LogP contribution is -2.39. The van der Waals surface area contributed by atoms with Crippen LogP contribution in [0.2, 0.25) is 0 Å². The molecule has 2 N–H and O–H groups in total. The van der Waals surface area contributed by atoms with Gasteiger partial charge in [0.2, 0.25) is 10.0 Å². The predicted octanol–water partition coefficient (Wildman–Crippen LogP) is 2.51. The van der Waals surface area contributed by atoms with E-state index in [1.54, 1.807) is 12.1 Å². The lowest BCUT2D eigenvalue weighted by Gasteiger charge is -2.31. The first-order chi connectivity index (χ1) is 9.90. The molecule has 1 aromatic rings. The van der Waals surface area contributed by atoms with Crippen molar-refractivity contribution in [1.82, 2.24) is 10.0 Å². The second-order valence-electron chi connectivity index (χ2n) is 6.41. The molecule has 2 rings (SSSR count). The molecule has 4 nitrogen and oxygen atoms in total. The van der Waals surface area contributed by atoms with Gasteiger partial charge in [0, 0.05) is 12.6 Å². The minimum atomic E-state index is -3.41. The van der Waals surface area contributed by atoms with E-state index in [2.05, 4.69) is 23.9 Å². The maximum absolute atomic E-state index is 12.5. The predicted molar refractivity (Wildman–Crippen MR) is 85.5 cm³/mol. The first-order valence-electron chi connectivity index (χ1n) is 7.66. The van der Waals surface area contributed by atoms with E-state index in [0.29, 0.717) is 16.7 Å². The van der Waals surface area contributed by atoms with Gasteiger partial charge in [-0.3, -0.25) is 0 Å². The molecule has 0 amide bonds. The summed E-state index contributed by atoms with van der Waals surface area (Å²) in [5, 5.41) is 3.05. The minimum Gasteiger partial charge on any atom is -0.316 e. The fourth-order valence-electron chi connectivity index (χ4n) is 3.32. The van der Waals surface area contributed by atoms with E-state index in [-0.39, 0.29) is 6.04 Å². The fraction of sp³-hybridized carbons (Fsp3) is 0.625. The van der Waals surface area contributed by atoms with E-state index in [4.69, 9.17) is 0 Å². The van der Waals surface area contributed by atoms with E-state index in [9.17, 15) is 8.42 Å². The summed E-state index contributed by atoms with van der Waals surface area (Å²) in [6.45, 7) is 5.14. The SMILES string of the molecule is CNCc1ccc(S(=O)(=O)NC2CC(C)CC(C)C2)cc1. The molecular formula is C16H26N2O2S. The molecule has 0 aliphatic heterocycles. The fourth-order valence-corrected chi connectivity index (χ4v) is 4.58. The van der Waals surface area contributed by atoms with Crippen molar-refractivity contribution in [3.8, 4) is 0 Å². The Morgan fingerprint density at radius 1 is 1.05 bits per heavy atom. The van der Waals surface area contributed by atoms with E-state index >= 15 is 0 Å². The molecule has 1 aliphatic rings. The molecule has 0 spiro atoms. The molecule has 1 aromatic carbocycles. The Labute approximate surface area is 128 Å². The monoisotopic (exact) mass is 310 g/mol. The summed E-state index contributed by atoms with van der Waals surface area (Å²) in [4.78, 5) is 0.355. The van der Waals surface area contributed by atoms with Gasteiger partial charge in [0.15, 0.2) is 0 Å². The zero-order valence-electron chi connectivity index (χ0n) is 13.1. The van der Waals surface area contributed by atoms with Crippen LogP contribution in [-0.2, 0) is 16.6 Å². The Morgan fingerprint density at radius 3 is 2.14 bits per heavy atom. The van der Waals surface area contributed by atoms with Crippen LogP contribution in [0.25, 0.3) is 0 Å². The Hall–Kier alpha value is -0.910. The summed E-state index contributed by atoms with van der Waals surface area (Å²) in [5.74, 6) is 1.17. The van der Waals surface area contributed by atoms with Crippen LogP contribution in [0.15, 0.2) is 29.2 Å². The molecule has 0 heterocycles. The Morgan fingerprint density at radius 2 is 1.62 bits per heavy atom. The van der Waals surface area contributed by atoms with Crippen LogP contribution in [0, 0.1) is 11.8 Å². The number of nitrogens with one attached hydrogen (secondary N) is 2. The quantitative estimate of drug-likeness (QED) is 0.878.